The Bertz CT molecular complexity index is 541. The lowest BCUT2D eigenvalue weighted by Gasteiger charge is -2.02. The normalized spacial score (nSPS) is 11.0. The molecule has 0 bridgehead atoms. The first-order chi connectivity index (χ1) is 9.08. The number of hydrogen-bond acceptors (Lipinski definition) is 4. The van der Waals surface area contributed by atoms with Gasteiger partial charge in [-0.1, -0.05) is 0 Å². The highest BCUT2D eigenvalue weighted by atomic mass is 32.1. The van der Waals surface area contributed by atoms with E-state index in [4.69, 9.17) is 4.74 Å². The van der Waals surface area contributed by atoms with Crippen LogP contribution in [0.5, 0.6) is 5.88 Å². The van der Waals surface area contributed by atoms with Gasteiger partial charge in [-0.2, -0.15) is 4.39 Å². The van der Waals surface area contributed by atoms with Crippen LogP contribution in [-0.4, -0.2) is 23.3 Å². The van der Waals surface area contributed by atoms with E-state index >= 15 is 0 Å². The summed E-state index contributed by atoms with van der Waals surface area (Å²) in [7, 11) is 1.41. The van der Waals surface area contributed by atoms with Crippen molar-refractivity contribution in [3.05, 3.63) is 28.3 Å². The number of thiophene rings is 1. The zero-order valence-corrected chi connectivity index (χ0v) is 10.9. The van der Waals surface area contributed by atoms with Crippen molar-refractivity contribution in [1.29, 1.82) is 0 Å². The van der Waals surface area contributed by atoms with Crippen LogP contribution in [0, 0.1) is 5.13 Å². The Labute approximate surface area is 111 Å². The van der Waals surface area contributed by atoms with Crippen LogP contribution in [-0.2, 0) is 13.1 Å². The van der Waals surface area contributed by atoms with Crippen LogP contribution in [0.2, 0.25) is 0 Å². The van der Waals surface area contributed by atoms with Gasteiger partial charge in [-0.15, -0.1) is 16.4 Å². The summed E-state index contributed by atoms with van der Waals surface area (Å²) in [6.07, 6.45) is -1.04. The summed E-state index contributed by atoms with van der Waals surface area (Å²) in [6, 6.07) is 3.03. The zero-order chi connectivity index (χ0) is 13.8. The van der Waals surface area contributed by atoms with E-state index in [1.54, 1.807) is 6.07 Å². The molecular formula is C11H12F3N3OS. The number of aromatic nitrogens is 2. The van der Waals surface area contributed by atoms with Crippen LogP contribution in [0.25, 0.3) is 0 Å². The maximum absolute atomic E-state index is 12.8. The summed E-state index contributed by atoms with van der Waals surface area (Å²) < 4.78 is 43.4. The number of rotatable bonds is 6. The standard InChI is InChI=1S/C11H12F3N3OS/c1-18-11-8(5-17(16-11)6-9(12)13)15-4-7-2-3-10(14)19-7/h2-3,5,9,15H,4,6H2,1H3. The van der Waals surface area contributed by atoms with Crippen LogP contribution in [0.4, 0.5) is 18.9 Å². The number of ether oxygens (including phenoxy) is 1. The van der Waals surface area contributed by atoms with Gasteiger partial charge in [-0.25, -0.2) is 8.78 Å². The fourth-order valence-electron chi connectivity index (χ4n) is 1.54. The molecule has 0 spiro atoms. The first-order valence-corrected chi connectivity index (χ1v) is 6.28. The van der Waals surface area contributed by atoms with Gasteiger partial charge < -0.3 is 10.1 Å². The Morgan fingerprint density at radius 1 is 1.47 bits per heavy atom. The molecule has 0 amide bonds. The van der Waals surface area contributed by atoms with Crippen molar-refractivity contribution in [3.63, 3.8) is 0 Å². The predicted molar refractivity (Wildman–Crippen MR) is 66.4 cm³/mol. The predicted octanol–water partition coefficient (Wildman–Crippen LogP) is 2.97. The fourth-order valence-corrected chi connectivity index (χ4v) is 2.21. The summed E-state index contributed by atoms with van der Waals surface area (Å²) >= 11 is 1.02. The van der Waals surface area contributed by atoms with Crippen molar-refractivity contribution in [1.82, 2.24) is 9.78 Å². The minimum atomic E-state index is -2.48. The van der Waals surface area contributed by atoms with Crippen LogP contribution < -0.4 is 10.1 Å². The number of anilines is 1. The molecule has 0 aliphatic carbocycles. The van der Waals surface area contributed by atoms with E-state index in [0.717, 1.165) is 20.9 Å². The first-order valence-electron chi connectivity index (χ1n) is 5.46. The van der Waals surface area contributed by atoms with Gasteiger partial charge in [0.05, 0.1) is 13.3 Å². The first kappa shape index (κ1) is 13.7. The van der Waals surface area contributed by atoms with Crippen molar-refractivity contribution in [2.24, 2.45) is 0 Å². The maximum Gasteiger partial charge on any atom is 0.257 e. The lowest BCUT2D eigenvalue weighted by Crippen LogP contribution is -2.06. The SMILES string of the molecule is COc1nn(CC(F)F)cc1NCc1ccc(F)s1. The van der Waals surface area contributed by atoms with E-state index in [-0.39, 0.29) is 11.0 Å². The molecule has 0 aromatic carbocycles. The second-order valence-corrected chi connectivity index (χ2v) is 4.84. The van der Waals surface area contributed by atoms with Gasteiger partial charge in [0, 0.05) is 11.4 Å². The minimum absolute atomic E-state index is 0.234. The van der Waals surface area contributed by atoms with Gasteiger partial charge in [-0.05, 0) is 12.1 Å². The van der Waals surface area contributed by atoms with Gasteiger partial charge >= 0.3 is 0 Å². The third-order valence-corrected chi connectivity index (χ3v) is 3.20. The van der Waals surface area contributed by atoms with Crippen molar-refractivity contribution in [2.45, 2.75) is 19.5 Å². The molecule has 0 unspecified atom stereocenters. The second kappa shape index (κ2) is 5.96. The average Bonchev–Trinajstić information content (AvgIpc) is 2.92. The van der Waals surface area contributed by atoms with Crippen LogP contribution in [0.1, 0.15) is 4.88 Å². The molecule has 0 atom stereocenters. The highest BCUT2D eigenvalue weighted by Gasteiger charge is 2.12. The lowest BCUT2D eigenvalue weighted by atomic mass is 10.4. The van der Waals surface area contributed by atoms with Crippen LogP contribution in [0.15, 0.2) is 18.3 Å². The Hall–Kier alpha value is -1.70. The average molecular weight is 291 g/mol. The Balaban J connectivity index is 2.04. The quantitative estimate of drug-likeness (QED) is 0.889. The van der Waals surface area contributed by atoms with Gasteiger partial charge in [-0.3, -0.25) is 4.68 Å². The van der Waals surface area contributed by atoms with Gasteiger partial charge in [0.25, 0.3) is 12.3 Å². The Kier molecular flexibility index (Phi) is 4.31. The number of methoxy groups -OCH3 is 1. The molecule has 2 aromatic rings. The third-order valence-electron chi connectivity index (χ3n) is 2.33. The molecule has 0 radical (unpaired) electrons. The second-order valence-electron chi connectivity index (χ2n) is 3.72. The summed E-state index contributed by atoms with van der Waals surface area (Å²) in [5, 5.41) is 6.58. The molecule has 0 aliphatic heterocycles. The summed E-state index contributed by atoms with van der Waals surface area (Å²) in [5.74, 6) is 0.234. The summed E-state index contributed by atoms with van der Waals surface area (Å²) in [5.41, 5.74) is 0.497. The number of hydrogen-bond donors (Lipinski definition) is 1. The molecule has 4 nitrogen and oxygen atoms in total. The monoisotopic (exact) mass is 291 g/mol. The number of alkyl halides is 2. The van der Waals surface area contributed by atoms with Gasteiger partial charge in [0.15, 0.2) is 5.13 Å². The molecule has 0 aliphatic rings. The zero-order valence-electron chi connectivity index (χ0n) is 10.1. The van der Waals surface area contributed by atoms with E-state index in [0.29, 0.717) is 12.2 Å². The van der Waals surface area contributed by atoms with E-state index in [1.807, 2.05) is 0 Å². The largest absolute Gasteiger partial charge is 0.478 e. The van der Waals surface area contributed by atoms with Crippen molar-refractivity contribution < 1.29 is 17.9 Å². The topological polar surface area (TPSA) is 39.1 Å². The molecular weight excluding hydrogens is 279 g/mol. The van der Waals surface area contributed by atoms with Gasteiger partial charge in [0.2, 0.25) is 0 Å². The molecule has 0 fully saturated rings. The molecule has 1 N–H and O–H groups in total. The smallest absolute Gasteiger partial charge is 0.257 e. The molecule has 2 heterocycles. The van der Waals surface area contributed by atoms with Crippen molar-refractivity contribution >= 4 is 17.0 Å². The fraction of sp³-hybridized carbons (Fsp3) is 0.364. The number of halogens is 3. The van der Waals surface area contributed by atoms with Crippen molar-refractivity contribution in [3.8, 4) is 5.88 Å². The summed E-state index contributed by atoms with van der Waals surface area (Å²) in [6.45, 7) is -0.114. The third kappa shape index (κ3) is 3.63. The van der Waals surface area contributed by atoms with E-state index in [9.17, 15) is 13.2 Å². The highest BCUT2D eigenvalue weighted by Crippen LogP contribution is 2.24. The molecule has 19 heavy (non-hydrogen) atoms. The molecule has 8 heteroatoms. The Morgan fingerprint density at radius 2 is 2.26 bits per heavy atom. The molecule has 0 saturated carbocycles. The van der Waals surface area contributed by atoms with Gasteiger partial charge in [0.1, 0.15) is 12.2 Å². The van der Waals surface area contributed by atoms with Crippen molar-refractivity contribution in [2.75, 3.05) is 12.4 Å². The van der Waals surface area contributed by atoms with E-state index < -0.39 is 13.0 Å². The van der Waals surface area contributed by atoms with Crippen LogP contribution >= 0.6 is 11.3 Å². The number of nitrogens with one attached hydrogen (secondary N) is 1. The summed E-state index contributed by atoms with van der Waals surface area (Å²) in [4.78, 5) is 0.793. The molecule has 2 aromatic heterocycles. The maximum atomic E-state index is 12.8. The lowest BCUT2D eigenvalue weighted by molar-refractivity contribution is 0.121. The number of nitrogens with zero attached hydrogens (tertiary/aromatic N) is 2. The molecule has 0 saturated heterocycles. The Morgan fingerprint density at radius 3 is 2.84 bits per heavy atom. The highest BCUT2D eigenvalue weighted by molar-refractivity contribution is 7.10. The van der Waals surface area contributed by atoms with Crippen LogP contribution in [0.3, 0.4) is 0 Å². The minimum Gasteiger partial charge on any atom is -0.478 e. The van der Waals surface area contributed by atoms with E-state index in [2.05, 4.69) is 10.4 Å². The molecule has 2 rings (SSSR count). The molecule has 104 valence electrons. The van der Waals surface area contributed by atoms with E-state index in [1.165, 1.54) is 19.4 Å².